The van der Waals surface area contributed by atoms with Gasteiger partial charge >= 0.3 is 0 Å². The van der Waals surface area contributed by atoms with Crippen molar-refractivity contribution in [3.63, 3.8) is 0 Å². The third-order valence-corrected chi connectivity index (χ3v) is 3.48. The van der Waals surface area contributed by atoms with Crippen LogP contribution in [0.5, 0.6) is 5.75 Å². The molecule has 0 saturated carbocycles. The van der Waals surface area contributed by atoms with Gasteiger partial charge in [0.15, 0.2) is 0 Å². The van der Waals surface area contributed by atoms with Gasteiger partial charge in [-0.2, -0.15) is 0 Å². The van der Waals surface area contributed by atoms with Crippen LogP contribution in [0.2, 0.25) is 0 Å². The van der Waals surface area contributed by atoms with Crippen LogP contribution in [-0.2, 0) is 13.2 Å². The van der Waals surface area contributed by atoms with E-state index >= 15 is 0 Å². The fourth-order valence-electron chi connectivity index (χ4n) is 2.34. The normalized spacial score (nSPS) is 10.8. The Balaban J connectivity index is 1.87. The molecule has 0 atom stereocenters. The second kappa shape index (κ2) is 5.94. The predicted molar refractivity (Wildman–Crippen MR) is 82.6 cm³/mol. The number of rotatable bonds is 4. The summed E-state index contributed by atoms with van der Waals surface area (Å²) in [7, 11) is 0. The molecule has 0 unspecified atom stereocenters. The summed E-state index contributed by atoms with van der Waals surface area (Å²) in [5, 5.41) is 2.13. The molecule has 106 valence electrons. The Morgan fingerprint density at radius 3 is 2.62 bits per heavy atom. The zero-order valence-electron chi connectivity index (χ0n) is 11.6. The minimum Gasteiger partial charge on any atom is -0.488 e. The van der Waals surface area contributed by atoms with E-state index in [0.29, 0.717) is 12.1 Å². The van der Waals surface area contributed by atoms with Gasteiger partial charge in [-0.25, -0.2) is 4.39 Å². The van der Waals surface area contributed by atoms with Gasteiger partial charge in [-0.05, 0) is 29.1 Å². The van der Waals surface area contributed by atoms with Crippen molar-refractivity contribution < 1.29 is 9.13 Å². The number of benzene rings is 3. The summed E-state index contributed by atoms with van der Waals surface area (Å²) in [6.07, 6.45) is 0. The lowest BCUT2D eigenvalue weighted by molar-refractivity contribution is 0.303. The molecule has 0 radical (unpaired) electrons. The van der Waals surface area contributed by atoms with Gasteiger partial charge in [-0.3, -0.25) is 0 Å². The molecule has 0 aliphatic carbocycles. The Morgan fingerprint density at radius 2 is 1.76 bits per heavy atom. The fraction of sp³-hybridized carbons (Fsp3) is 0.111. The molecule has 0 heterocycles. The predicted octanol–water partition coefficient (Wildman–Crippen LogP) is 4.02. The van der Waals surface area contributed by atoms with Gasteiger partial charge in [0.2, 0.25) is 0 Å². The molecule has 3 aromatic carbocycles. The van der Waals surface area contributed by atoms with Crippen molar-refractivity contribution >= 4 is 10.8 Å². The third-order valence-electron chi connectivity index (χ3n) is 3.48. The highest BCUT2D eigenvalue weighted by atomic mass is 19.1. The van der Waals surface area contributed by atoms with Crippen LogP contribution in [0.1, 0.15) is 11.1 Å². The van der Waals surface area contributed by atoms with Gasteiger partial charge in [-0.1, -0.05) is 42.5 Å². The SMILES string of the molecule is NCc1ccc(F)c(COc2cccc3ccccc23)c1. The Bertz CT molecular complexity index is 765. The molecule has 0 spiro atoms. The van der Waals surface area contributed by atoms with Crippen LogP contribution in [0, 0.1) is 5.82 Å². The van der Waals surface area contributed by atoms with Gasteiger partial charge < -0.3 is 10.5 Å². The minimum absolute atomic E-state index is 0.188. The second-order valence-electron chi connectivity index (χ2n) is 4.90. The van der Waals surface area contributed by atoms with E-state index in [1.165, 1.54) is 6.07 Å². The molecule has 21 heavy (non-hydrogen) atoms. The topological polar surface area (TPSA) is 35.2 Å². The maximum absolute atomic E-state index is 13.8. The first-order valence-electron chi connectivity index (χ1n) is 6.86. The average molecular weight is 281 g/mol. The van der Waals surface area contributed by atoms with Gasteiger partial charge in [0.05, 0.1) is 0 Å². The zero-order valence-corrected chi connectivity index (χ0v) is 11.6. The Labute approximate surface area is 123 Å². The van der Waals surface area contributed by atoms with Crippen molar-refractivity contribution in [1.82, 2.24) is 0 Å². The summed E-state index contributed by atoms with van der Waals surface area (Å²) in [4.78, 5) is 0. The van der Waals surface area contributed by atoms with E-state index in [2.05, 4.69) is 0 Å². The van der Waals surface area contributed by atoms with Crippen molar-refractivity contribution in [3.8, 4) is 5.75 Å². The molecule has 0 aliphatic rings. The molecule has 0 fully saturated rings. The fourth-order valence-corrected chi connectivity index (χ4v) is 2.34. The quantitative estimate of drug-likeness (QED) is 0.784. The minimum atomic E-state index is -0.271. The summed E-state index contributed by atoms with van der Waals surface area (Å²) in [5.41, 5.74) is 7.00. The van der Waals surface area contributed by atoms with Crippen molar-refractivity contribution in [1.29, 1.82) is 0 Å². The summed E-state index contributed by atoms with van der Waals surface area (Å²) in [6, 6.07) is 18.7. The molecular formula is C18H16FNO. The van der Waals surface area contributed by atoms with Crippen molar-refractivity contribution in [2.45, 2.75) is 13.2 Å². The average Bonchev–Trinajstić information content (AvgIpc) is 2.54. The summed E-state index contributed by atoms with van der Waals surface area (Å²) in [5.74, 6) is 0.484. The number of fused-ring (bicyclic) bond motifs is 1. The van der Waals surface area contributed by atoms with Gasteiger partial charge in [0, 0.05) is 17.5 Å². The standard InChI is InChI=1S/C18H16FNO/c19-17-9-8-13(11-20)10-15(17)12-21-18-7-3-5-14-4-1-2-6-16(14)18/h1-10H,11-12,20H2. The van der Waals surface area contributed by atoms with Crippen LogP contribution >= 0.6 is 0 Å². The zero-order chi connectivity index (χ0) is 14.7. The lowest BCUT2D eigenvalue weighted by atomic mass is 10.1. The van der Waals surface area contributed by atoms with Crippen LogP contribution in [0.25, 0.3) is 10.8 Å². The molecule has 2 N–H and O–H groups in total. The van der Waals surface area contributed by atoms with Crippen molar-refractivity contribution in [2.24, 2.45) is 5.73 Å². The summed E-state index contributed by atoms with van der Waals surface area (Å²) >= 11 is 0. The molecule has 0 saturated heterocycles. The summed E-state index contributed by atoms with van der Waals surface area (Å²) < 4.78 is 19.6. The smallest absolute Gasteiger partial charge is 0.129 e. The van der Waals surface area contributed by atoms with Gasteiger partial charge in [0.25, 0.3) is 0 Å². The summed E-state index contributed by atoms with van der Waals surface area (Å²) in [6.45, 7) is 0.579. The molecule has 3 rings (SSSR count). The molecule has 0 aliphatic heterocycles. The van der Waals surface area contributed by atoms with E-state index in [-0.39, 0.29) is 12.4 Å². The number of hydrogen-bond acceptors (Lipinski definition) is 2. The molecule has 0 amide bonds. The number of hydrogen-bond donors (Lipinski definition) is 1. The monoisotopic (exact) mass is 281 g/mol. The molecule has 0 aromatic heterocycles. The highest BCUT2D eigenvalue weighted by Crippen LogP contribution is 2.26. The first kappa shape index (κ1) is 13.6. The first-order chi connectivity index (χ1) is 10.3. The number of nitrogens with two attached hydrogens (primary N) is 1. The van der Waals surface area contributed by atoms with Crippen LogP contribution in [0.3, 0.4) is 0 Å². The van der Waals surface area contributed by atoms with E-state index < -0.39 is 0 Å². The molecule has 3 heteroatoms. The maximum Gasteiger partial charge on any atom is 0.129 e. The number of ether oxygens (including phenoxy) is 1. The highest BCUT2D eigenvalue weighted by Gasteiger charge is 2.06. The largest absolute Gasteiger partial charge is 0.488 e. The second-order valence-corrected chi connectivity index (χ2v) is 4.90. The molecule has 3 aromatic rings. The third kappa shape index (κ3) is 2.88. The van der Waals surface area contributed by atoms with Crippen LogP contribution in [0.15, 0.2) is 60.7 Å². The Kier molecular flexibility index (Phi) is 3.84. The van der Waals surface area contributed by atoms with E-state index in [9.17, 15) is 4.39 Å². The number of halogens is 1. The van der Waals surface area contributed by atoms with E-state index in [1.54, 1.807) is 12.1 Å². The van der Waals surface area contributed by atoms with Gasteiger partial charge in [0.1, 0.15) is 18.2 Å². The Morgan fingerprint density at radius 1 is 0.952 bits per heavy atom. The molecule has 0 bridgehead atoms. The van der Waals surface area contributed by atoms with Crippen LogP contribution in [0.4, 0.5) is 4.39 Å². The lowest BCUT2D eigenvalue weighted by Gasteiger charge is -2.11. The highest BCUT2D eigenvalue weighted by molar-refractivity contribution is 5.88. The van der Waals surface area contributed by atoms with Crippen LogP contribution < -0.4 is 10.5 Å². The van der Waals surface area contributed by atoms with E-state index in [1.807, 2.05) is 42.5 Å². The first-order valence-corrected chi connectivity index (χ1v) is 6.86. The lowest BCUT2D eigenvalue weighted by Crippen LogP contribution is -2.02. The Hall–Kier alpha value is -2.39. The van der Waals surface area contributed by atoms with Gasteiger partial charge in [-0.15, -0.1) is 0 Å². The molecular weight excluding hydrogens is 265 g/mol. The van der Waals surface area contributed by atoms with Crippen molar-refractivity contribution in [2.75, 3.05) is 0 Å². The molecule has 2 nitrogen and oxygen atoms in total. The van der Waals surface area contributed by atoms with Crippen LogP contribution in [-0.4, -0.2) is 0 Å². The van der Waals surface area contributed by atoms with Crippen molar-refractivity contribution in [3.05, 3.63) is 77.6 Å². The van der Waals surface area contributed by atoms with E-state index in [0.717, 1.165) is 22.1 Å². The van der Waals surface area contributed by atoms with E-state index in [4.69, 9.17) is 10.5 Å². The maximum atomic E-state index is 13.8.